The predicted octanol–water partition coefficient (Wildman–Crippen LogP) is 5.15. The van der Waals surface area contributed by atoms with Gasteiger partial charge in [0.25, 0.3) is 0 Å². The van der Waals surface area contributed by atoms with Gasteiger partial charge in [-0.2, -0.15) is 0 Å². The van der Waals surface area contributed by atoms with Crippen LogP contribution in [0.3, 0.4) is 0 Å². The van der Waals surface area contributed by atoms with E-state index in [4.69, 9.17) is 0 Å². The van der Waals surface area contributed by atoms with Crippen molar-refractivity contribution >= 4 is 5.97 Å². The Morgan fingerprint density at radius 2 is 1.84 bits per heavy atom. The maximum atomic E-state index is 11.5. The minimum atomic E-state index is -1.19. The number of rotatable bonds is 9. The number of carbonyl (C=O) groups is 1. The summed E-state index contributed by atoms with van der Waals surface area (Å²) < 4.78 is 0. The van der Waals surface area contributed by atoms with E-state index in [0.29, 0.717) is 24.8 Å². The first kappa shape index (κ1) is 20.6. The molecule has 0 spiro atoms. The number of aromatic hydroxyl groups is 2. The van der Waals surface area contributed by atoms with Crippen molar-refractivity contribution in [1.29, 1.82) is 0 Å². The fourth-order valence-corrected chi connectivity index (χ4v) is 2.61. The van der Waals surface area contributed by atoms with Crippen LogP contribution in [0.4, 0.5) is 0 Å². The third-order valence-electron chi connectivity index (χ3n) is 4.04. The largest absolute Gasteiger partial charge is 0.508 e. The molecule has 136 valence electrons. The quantitative estimate of drug-likeness (QED) is 0.541. The fourth-order valence-electron chi connectivity index (χ4n) is 2.61. The van der Waals surface area contributed by atoms with Crippen LogP contribution in [-0.4, -0.2) is 21.3 Å². The normalized spacial score (nSPS) is 11.2. The second-order valence-electron chi connectivity index (χ2n) is 6.46. The first-order valence-corrected chi connectivity index (χ1v) is 8.47. The summed E-state index contributed by atoms with van der Waals surface area (Å²) in [5.74, 6) is -1.61. The fraction of sp³-hybridized carbons (Fsp3) is 0.381. The lowest BCUT2D eigenvalue weighted by Crippen LogP contribution is -2.05. The Morgan fingerprint density at radius 3 is 2.40 bits per heavy atom. The lowest BCUT2D eigenvalue weighted by molar-refractivity contribution is 0.0692. The highest BCUT2D eigenvalue weighted by molar-refractivity contribution is 5.93. The van der Waals surface area contributed by atoms with Gasteiger partial charge in [0, 0.05) is 5.56 Å². The molecular weight excluding hydrogens is 316 g/mol. The molecule has 0 heterocycles. The van der Waals surface area contributed by atoms with Crippen LogP contribution < -0.4 is 0 Å². The van der Waals surface area contributed by atoms with E-state index in [-0.39, 0.29) is 22.6 Å². The summed E-state index contributed by atoms with van der Waals surface area (Å²) in [5.41, 5.74) is 2.93. The molecule has 0 saturated carbocycles. The van der Waals surface area contributed by atoms with E-state index >= 15 is 0 Å². The molecule has 0 aliphatic rings. The van der Waals surface area contributed by atoms with Crippen molar-refractivity contribution in [2.75, 3.05) is 0 Å². The summed E-state index contributed by atoms with van der Waals surface area (Å²) in [4.78, 5) is 11.5. The topological polar surface area (TPSA) is 77.8 Å². The Balaban J connectivity index is 3.07. The predicted molar refractivity (Wildman–Crippen MR) is 101 cm³/mol. The van der Waals surface area contributed by atoms with Crippen LogP contribution in [0.2, 0.25) is 0 Å². The minimum Gasteiger partial charge on any atom is -0.508 e. The Bertz CT molecular complexity index is 692. The van der Waals surface area contributed by atoms with Gasteiger partial charge in [-0.25, -0.2) is 4.79 Å². The number of carboxylic acids is 1. The van der Waals surface area contributed by atoms with Crippen LogP contribution in [-0.2, 0) is 12.8 Å². The van der Waals surface area contributed by atoms with E-state index in [1.54, 1.807) is 6.08 Å². The number of aromatic carboxylic acids is 1. The van der Waals surface area contributed by atoms with Gasteiger partial charge in [0.15, 0.2) is 0 Å². The van der Waals surface area contributed by atoms with E-state index in [1.807, 2.05) is 13.0 Å². The van der Waals surface area contributed by atoms with E-state index in [1.165, 1.54) is 11.6 Å². The molecule has 0 fully saturated rings. The number of benzene rings is 1. The Morgan fingerprint density at radius 1 is 1.16 bits per heavy atom. The first-order valence-electron chi connectivity index (χ1n) is 8.47. The zero-order valence-electron chi connectivity index (χ0n) is 15.3. The lowest BCUT2D eigenvalue weighted by atomic mass is 9.95. The molecule has 0 amide bonds. The van der Waals surface area contributed by atoms with E-state index < -0.39 is 5.97 Å². The van der Waals surface area contributed by atoms with E-state index in [2.05, 4.69) is 26.5 Å². The molecule has 0 aromatic heterocycles. The average molecular weight is 344 g/mol. The Kier molecular flexibility index (Phi) is 7.99. The molecule has 0 unspecified atom stereocenters. The molecule has 3 N–H and O–H groups in total. The zero-order valence-corrected chi connectivity index (χ0v) is 15.3. The highest BCUT2D eigenvalue weighted by Crippen LogP contribution is 2.35. The van der Waals surface area contributed by atoms with Crippen molar-refractivity contribution in [1.82, 2.24) is 0 Å². The number of carboxylic acid groups (broad SMARTS) is 1. The lowest BCUT2D eigenvalue weighted by Gasteiger charge is -2.13. The molecule has 0 radical (unpaired) electrons. The van der Waals surface area contributed by atoms with E-state index in [9.17, 15) is 20.1 Å². The molecule has 1 rings (SSSR count). The first-order chi connectivity index (χ1) is 11.8. The van der Waals surface area contributed by atoms with Crippen molar-refractivity contribution in [3.63, 3.8) is 0 Å². The van der Waals surface area contributed by atoms with Gasteiger partial charge in [0.05, 0.1) is 0 Å². The number of phenolic OH excluding ortho intramolecular Hbond substituents is 1. The van der Waals surface area contributed by atoms with E-state index in [0.717, 1.165) is 18.4 Å². The van der Waals surface area contributed by atoms with Crippen LogP contribution in [0.5, 0.6) is 11.5 Å². The number of allylic oxidation sites excluding steroid dienone is 5. The molecule has 0 bridgehead atoms. The van der Waals surface area contributed by atoms with Gasteiger partial charge in [-0.3, -0.25) is 0 Å². The Hall–Kier alpha value is -2.49. The molecule has 4 nitrogen and oxygen atoms in total. The summed E-state index contributed by atoms with van der Waals surface area (Å²) in [5, 5.41) is 30.0. The summed E-state index contributed by atoms with van der Waals surface area (Å²) in [6, 6.07) is 1.44. The molecule has 1 aromatic rings. The highest BCUT2D eigenvalue weighted by atomic mass is 16.4. The highest BCUT2D eigenvalue weighted by Gasteiger charge is 2.21. The maximum absolute atomic E-state index is 11.5. The molecular formula is C21H28O4. The standard InChI is InChI=1S/C21H28O4/c1-5-6-10-16-13-18(22)17(20(23)19(16)21(24)25)12-11-15(4)9-7-8-14(2)3/h5,8,11,13,22-23H,1,6-7,9-10,12H2,2-4H3,(H,24,25)/b15-11+. The monoisotopic (exact) mass is 344 g/mol. The third-order valence-corrected chi connectivity index (χ3v) is 4.04. The summed E-state index contributed by atoms with van der Waals surface area (Å²) >= 11 is 0. The molecule has 25 heavy (non-hydrogen) atoms. The van der Waals surface area contributed by atoms with Crippen molar-refractivity contribution in [2.24, 2.45) is 0 Å². The van der Waals surface area contributed by atoms with Gasteiger partial charge >= 0.3 is 5.97 Å². The summed E-state index contributed by atoms with van der Waals surface area (Å²) in [6.07, 6.45) is 8.84. The Labute approximate surface area is 149 Å². The smallest absolute Gasteiger partial charge is 0.339 e. The van der Waals surface area contributed by atoms with Gasteiger partial charge in [0.2, 0.25) is 0 Å². The minimum absolute atomic E-state index is 0.0742. The number of aryl methyl sites for hydroxylation is 1. The third kappa shape index (κ3) is 6.14. The molecule has 4 heteroatoms. The van der Waals surface area contributed by atoms with Crippen LogP contribution >= 0.6 is 0 Å². The zero-order chi connectivity index (χ0) is 19.0. The van der Waals surface area contributed by atoms with Crippen molar-refractivity contribution < 1.29 is 20.1 Å². The average Bonchev–Trinajstić information content (AvgIpc) is 2.51. The molecule has 1 aromatic carbocycles. The van der Waals surface area contributed by atoms with Crippen molar-refractivity contribution in [3.8, 4) is 11.5 Å². The second-order valence-corrected chi connectivity index (χ2v) is 6.46. The van der Waals surface area contributed by atoms with Gasteiger partial charge in [-0.15, -0.1) is 6.58 Å². The summed E-state index contributed by atoms with van der Waals surface area (Å²) in [6.45, 7) is 9.71. The molecule has 0 atom stereocenters. The maximum Gasteiger partial charge on any atom is 0.339 e. The van der Waals surface area contributed by atoms with Crippen LogP contribution in [0, 0.1) is 0 Å². The molecule has 0 aliphatic carbocycles. The van der Waals surface area contributed by atoms with Gasteiger partial charge in [0.1, 0.15) is 17.1 Å². The van der Waals surface area contributed by atoms with Crippen LogP contribution in [0.15, 0.2) is 42.0 Å². The molecule has 0 saturated heterocycles. The second kappa shape index (κ2) is 9.72. The van der Waals surface area contributed by atoms with Crippen molar-refractivity contribution in [3.05, 3.63) is 58.7 Å². The van der Waals surface area contributed by atoms with Gasteiger partial charge in [-0.1, -0.05) is 29.4 Å². The van der Waals surface area contributed by atoms with Crippen molar-refractivity contribution in [2.45, 2.75) is 52.9 Å². The summed E-state index contributed by atoms with van der Waals surface area (Å²) in [7, 11) is 0. The van der Waals surface area contributed by atoms with Gasteiger partial charge in [-0.05, 0) is 64.5 Å². The SMILES string of the molecule is C=CCCc1cc(O)c(C/C=C(\C)CCC=C(C)C)c(O)c1C(=O)O. The number of hydrogen-bond acceptors (Lipinski definition) is 3. The van der Waals surface area contributed by atoms with Crippen LogP contribution in [0.25, 0.3) is 0 Å². The molecule has 0 aliphatic heterocycles. The number of hydrogen-bond donors (Lipinski definition) is 3. The van der Waals surface area contributed by atoms with Crippen LogP contribution in [0.1, 0.15) is 61.5 Å². The van der Waals surface area contributed by atoms with Gasteiger partial charge < -0.3 is 15.3 Å². The number of phenols is 2.